The van der Waals surface area contributed by atoms with Crippen molar-refractivity contribution < 1.29 is 0 Å². The Morgan fingerprint density at radius 1 is 1.50 bits per heavy atom. The summed E-state index contributed by atoms with van der Waals surface area (Å²) in [6.07, 6.45) is 7.59. The Hall–Kier alpha value is -1.20. The van der Waals surface area contributed by atoms with Gasteiger partial charge in [0.15, 0.2) is 0 Å². The second-order valence-electron chi connectivity index (χ2n) is 4.73. The van der Waals surface area contributed by atoms with Gasteiger partial charge in [-0.25, -0.2) is 4.98 Å². The average molecular weight is 262 g/mol. The lowest BCUT2D eigenvalue weighted by Crippen LogP contribution is -2.14. The van der Waals surface area contributed by atoms with Crippen LogP contribution >= 0.6 is 11.3 Å². The van der Waals surface area contributed by atoms with E-state index in [-0.39, 0.29) is 0 Å². The lowest BCUT2D eigenvalue weighted by atomic mass is 10.4. The van der Waals surface area contributed by atoms with Gasteiger partial charge >= 0.3 is 0 Å². The number of nitrogens with zero attached hydrogens (tertiary/aromatic N) is 3. The molecule has 1 aliphatic carbocycles. The maximum atomic E-state index is 4.52. The van der Waals surface area contributed by atoms with Gasteiger partial charge in [-0.15, -0.1) is 11.3 Å². The van der Waals surface area contributed by atoms with E-state index < -0.39 is 0 Å². The predicted octanol–water partition coefficient (Wildman–Crippen LogP) is 2.67. The number of thiazole rings is 1. The second kappa shape index (κ2) is 5.20. The summed E-state index contributed by atoms with van der Waals surface area (Å²) in [6.45, 7) is 4.07. The number of rotatable bonds is 6. The summed E-state index contributed by atoms with van der Waals surface area (Å²) in [5.41, 5.74) is 1.14. The van der Waals surface area contributed by atoms with Crippen LogP contribution in [0.1, 0.15) is 31.1 Å². The standard InChI is InChI=1S/C13H18N4S/c1-2-7-17-12(5-6-16-17)13-15-9-11(18-13)8-14-10-3-4-10/h5-6,9-10,14H,2-4,7-8H2,1H3. The van der Waals surface area contributed by atoms with Gasteiger partial charge in [-0.05, 0) is 25.3 Å². The monoisotopic (exact) mass is 262 g/mol. The zero-order valence-electron chi connectivity index (χ0n) is 10.6. The molecule has 2 heterocycles. The van der Waals surface area contributed by atoms with Crippen molar-refractivity contribution in [1.82, 2.24) is 20.1 Å². The average Bonchev–Trinajstić information content (AvgIpc) is 2.89. The summed E-state index contributed by atoms with van der Waals surface area (Å²) in [5.74, 6) is 0. The zero-order valence-corrected chi connectivity index (χ0v) is 11.4. The van der Waals surface area contributed by atoms with Crippen LogP contribution < -0.4 is 5.32 Å². The van der Waals surface area contributed by atoms with Crippen molar-refractivity contribution in [2.45, 2.75) is 45.3 Å². The van der Waals surface area contributed by atoms with Gasteiger partial charge in [0.25, 0.3) is 0 Å². The molecule has 0 atom stereocenters. The topological polar surface area (TPSA) is 42.7 Å². The molecule has 0 aromatic carbocycles. The predicted molar refractivity (Wildman–Crippen MR) is 73.5 cm³/mol. The van der Waals surface area contributed by atoms with E-state index in [2.05, 4.69) is 22.3 Å². The first-order chi connectivity index (χ1) is 8.86. The number of aromatic nitrogens is 3. The van der Waals surface area contributed by atoms with Crippen LogP contribution in [0, 0.1) is 0 Å². The molecule has 2 aromatic heterocycles. The Kier molecular flexibility index (Phi) is 3.43. The molecule has 18 heavy (non-hydrogen) atoms. The first-order valence-corrected chi connectivity index (χ1v) is 7.38. The fourth-order valence-electron chi connectivity index (χ4n) is 1.94. The molecule has 5 heteroatoms. The normalized spacial score (nSPS) is 15.2. The number of nitrogens with one attached hydrogen (secondary N) is 1. The third-order valence-corrected chi connectivity index (χ3v) is 4.09. The van der Waals surface area contributed by atoms with Gasteiger partial charge in [-0.3, -0.25) is 4.68 Å². The highest BCUT2D eigenvalue weighted by molar-refractivity contribution is 7.15. The van der Waals surface area contributed by atoms with Crippen LogP contribution in [0.25, 0.3) is 10.7 Å². The maximum Gasteiger partial charge on any atom is 0.141 e. The van der Waals surface area contributed by atoms with Gasteiger partial charge in [0, 0.05) is 36.4 Å². The molecule has 1 fully saturated rings. The summed E-state index contributed by atoms with van der Waals surface area (Å²) in [4.78, 5) is 5.82. The highest BCUT2D eigenvalue weighted by Gasteiger charge is 2.20. The van der Waals surface area contributed by atoms with Gasteiger partial charge < -0.3 is 5.32 Å². The fraction of sp³-hybridized carbons (Fsp3) is 0.538. The van der Waals surface area contributed by atoms with E-state index in [0.29, 0.717) is 0 Å². The Balaban J connectivity index is 1.72. The summed E-state index contributed by atoms with van der Waals surface area (Å²) < 4.78 is 2.04. The first kappa shape index (κ1) is 11.9. The quantitative estimate of drug-likeness (QED) is 0.870. The Morgan fingerprint density at radius 3 is 3.17 bits per heavy atom. The van der Waals surface area contributed by atoms with Crippen LogP contribution in [-0.2, 0) is 13.1 Å². The summed E-state index contributed by atoms with van der Waals surface area (Å²) in [7, 11) is 0. The van der Waals surface area contributed by atoms with E-state index in [9.17, 15) is 0 Å². The van der Waals surface area contributed by atoms with Crippen molar-refractivity contribution in [3.63, 3.8) is 0 Å². The lowest BCUT2D eigenvalue weighted by Gasteiger charge is -2.02. The minimum atomic E-state index is 0.751. The fourth-order valence-corrected chi connectivity index (χ4v) is 2.84. The van der Waals surface area contributed by atoms with Crippen molar-refractivity contribution in [3.8, 4) is 10.7 Å². The van der Waals surface area contributed by atoms with Crippen LogP contribution in [0.5, 0.6) is 0 Å². The molecule has 0 aliphatic heterocycles. The Morgan fingerprint density at radius 2 is 2.39 bits per heavy atom. The Labute approximate surface area is 111 Å². The third kappa shape index (κ3) is 2.62. The molecule has 0 radical (unpaired) electrons. The summed E-state index contributed by atoms with van der Waals surface area (Å²) in [5, 5.41) is 8.94. The van der Waals surface area contributed by atoms with Crippen molar-refractivity contribution in [2.24, 2.45) is 0 Å². The minimum absolute atomic E-state index is 0.751. The van der Waals surface area contributed by atoms with Crippen molar-refractivity contribution >= 4 is 11.3 Å². The molecule has 3 rings (SSSR count). The highest BCUT2D eigenvalue weighted by Crippen LogP contribution is 2.26. The van der Waals surface area contributed by atoms with E-state index >= 15 is 0 Å². The smallest absolute Gasteiger partial charge is 0.141 e. The van der Waals surface area contributed by atoms with Crippen LogP contribution in [0.3, 0.4) is 0 Å². The van der Waals surface area contributed by atoms with Gasteiger partial charge in [-0.2, -0.15) is 5.10 Å². The molecule has 0 bridgehead atoms. The van der Waals surface area contributed by atoms with Crippen molar-refractivity contribution in [3.05, 3.63) is 23.3 Å². The third-order valence-electron chi connectivity index (χ3n) is 3.07. The van der Waals surface area contributed by atoms with Gasteiger partial charge in [0.2, 0.25) is 0 Å². The van der Waals surface area contributed by atoms with Crippen LogP contribution in [0.4, 0.5) is 0 Å². The molecule has 0 saturated heterocycles. The zero-order chi connectivity index (χ0) is 12.4. The van der Waals surface area contributed by atoms with Gasteiger partial charge in [0.1, 0.15) is 5.01 Å². The number of hydrogen-bond acceptors (Lipinski definition) is 4. The molecule has 96 valence electrons. The molecule has 1 saturated carbocycles. The van der Waals surface area contributed by atoms with E-state index in [4.69, 9.17) is 0 Å². The van der Waals surface area contributed by atoms with Gasteiger partial charge in [0.05, 0.1) is 5.69 Å². The highest BCUT2D eigenvalue weighted by atomic mass is 32.1. The first-order valence-electron chi connectivity index (χ1n) is 6.57. The van der Waals surface area contributed by atoms with Crippen molar-refractivity contribution in [1.29, 1.82) is 0 Å². The SMILES string of the molecule is CCCn1nccc1-c1ncc(CNC2CC2)s1. The molecule has 0 spiro atoms. The van der Waals surface area contributed by atoms with E-state index in [1.807, 2.05) is 23.1 Å². The Bertz CT molecular complexity index is 513. The van der Waals surface area contributed by atoms with E-state index in [1.165, 1.54) is 17.7 Å². The van der Waals surface area contributed by atoms with Crippen molar-refractivity contribution in [2.75, 3.05) is 0 Å². The summed E-state index contributed by atoms with van der Waals surface area (Å²) in [6, 6.07) is 2.80. The molecule has 0 amide bonds. The minimum Gasteiger partial charge on any atom is -0.309 e. The maximum absolute atomic E-state index is 4.52. The van der Waals surface area contributed by atoms with Crippen LogP contribution in [-0.4, -0.2) is 20.8 Å². The molecular formula is C13H18N4S. The molecule has 1 aliphatic rings. The number of hydrogen-bond donors (Lipinski definition) is 1. The largest absolute Gasteiger partial charge is 0.309 e. The summed E-state index contributed by atoms with van der Waals surface area (Å²) >= 11 is 1.77. The molecule has 2 aromatic rings. The van der Waals surface area contributed by atoms with Crippen LogP contribution in [0.2, 0.25) is 0 Å². The van der Waals surface area contributed by atoms with Gasteiger partial charge in [-0.1, -0.05) is 6.92 Å². The van der Waals surface area contributed by atoms with E-state index in [0.717, 1.165) is 36.3 Å². The van der Waals surface area contributed by atoms with E-state index in [1.54, 1.807) is 11.3 Å². The molecular weight excluding hydrogens is 244 g/mol. The lowest BCUT2D eigenvalue weighted by molar-refractivity contribution is 0.609. The second-order valence-corrected chi connectivity index (χ2v) is 5.84. The molecule has 4 nitrogen and oxygen atoms in total. The van der Waals surface area contributed by atoms with Crippen LogP contribution in [0.15, 0.2) is 18.5 Å². The molecule has 0 unspecified atom stereocenters. The molecule has 1 N–H and O–H groups in total. The number of aryl methyl sites for hydroxylation is 1.